The van der Waals surface area contributed by atoms with Gasteiger partial charge in [0.15, 0.2) is 0 Å². The van der Waals surface area contributed by atoms with E-state index in [0.29, 0.717) is 12.0 Å². The summed E-state index contributed by atoms with van der Waals surface area (Å²) in [5.74, 6) is 0.615. The highest BCUT2D eigenvalue weighted by molar-refractivity contribution is 8.01. The van der Waals surface area contributed by atoms with Gasteiger partial charge in [-0.3, -0.25) is 0 Å². The van der Waals surface area contributed by atoms with Gasteiger partial charge in [-0.2, -0.15) is 0 Å². The van der Waals surface area contributed by atoms with E-state index in [1.54, 1.807) is 0 Å². The molecule has 2 saturated carbocycles. The Morgan fingerprint density at radius 3 is 2.67 bits per heavy atom. The molecule has 2 aliphatic carbocycles. The third-order valence-electron chi connectivity index (χ3n) is 4.63. The number of nitrogens with one attached hydrogen (secondary N) is 2. The monoisotopic (exact) mass is 304 g/mol. The number of hydrogen-bond acceptors (Lipinski definition) is 2. The largest absolute Gasteiger partial charge is 0.337 e. The lowest BCUT2D eigenvalue weighted by molar-refractivity contribution is 0.234. The van der Waals surface area contributed by atoms with Crippen LogP contribution in [0.2, 0.25) is 0 Å². The molecule has 0 bridgehead atoms. The molecule has 4 heteroatoms. The molecule has 3 nitrogen and oxygen atoms in total. The summed E-state index contributed by atoms with van der Waals surface area (Å²) in [4.78, 5) is 13.3. The second-order valence-corrected chi connectivity index (χ2v) is 7.98. The van der Waals surface area contributed by atoms with Crippen LogP contribution in [0.3, 0.4) is 0 Å². The predicted octanol–water partition coefficient (Wildman–Crippen LogP) is 3.80. The maximum Gasteiger partial charge on any atom is 0.315 e. The molecule has 0 aliphatic heterocycles. The molecule has 0 radical (unpaired) electrons. The zero-order valence-corrected chi connectivity index (χ0v) is 13.4. The molecular formula is C17H24N2OS. The Bertz CT molecular complexity index is 487. The van der Waals surface area contributed by atoms with Gasteiger partial charge >= 0.3 is 6.03 Å². The van der Waals surface area contributed by atoms with Crippen molar-refractivity contribution in [3.8, 4) is 0 Å². The molecule has 3 rings (SSSR count). The van der Waals surface area contributed by atoms with Gasteiger partial charge in [-0.1, -0.05) is 31.5 Å². The minimum atomic E-state index is 0.00804. The zero-order valence-electron chi connectivity index (χ0n) is 12.6. The first-order valence-corrected chi connectivity index (χ1v) is 8.77. The van der Waals surface area contributed by atoms with Gasteiger partial charge < -0.3 is 10.6 Å². The van der Waals surface area contributed by atoms with E-state index in [4.69, 9.17) is 0 Å². The summed E-state index contributed by atoms with van der Waals surface area (Å²) in [6.07, 6.45) is 5.97. The van der Waals surface area contributed by atoms with E-state index in [-0.39, 0.29) is 10.8 Å². The first-order valence-electron chi connectivity index (χ1n) is 7.95. The molecule has 2 unspecified atom stereocenters. The minimum Gasteiger partial charge on any atom is -0.337 e. The standard InChI is InChI=1S/C17H24N2OS/c1-13-6-5-9-15(13)19-16(20)18-12-17(10-11-17)21-14-7-3-2-4-8-14/h2-4,7-8,13,15H,5-6,9-12H2,1H3,(H2,18,19,20). The molecule has 2 fully saturated rings. The fraction of sp³-hybridized carbons (Fsp3) is 0.588. The number of carbonyl (C=O) groups is 1. The summed E-state index contributed by atoms with van der Waals surface area (Å²) in [7, 11) is 0. The van der Waals surface area contributed by atoms with Gasteiger partial charge in [-0.25, -0.2) is 4.79 Å². The third kappa shape index (κ3) is 3.94. The second-order valence-electron chi connectivity index (χ2n) is 6.44. The molecular weight excluding hydrogens is 280 g/mol. The molecule has 2 N–H and O–H groups in total. The van der Waals surface area contributed by atoms with Crippen LogP contribution in [-0.4, -0.2) is 23.4 Å². The molecule has 1 aromatic carbocycles. The Kier molecular flexibility index (Phi) is 4.43. The van der Waals surface area contributed by atoms with Crippen molar-refractivity contribution < 1.29 is 4.79 Å². The number of carbonyl (C=O) groups excluding carboxylic acids is 1. The van der Waals surface area contributed by atoms with Crippen LogP contribution in [0.1, 0.15) is 39.0 Å². The third-order valence-corrected chi connectivity index (χ3v) is 6.13. The predicted molar refractivity (Wildman–Crippen MR) is 87.6 cm³/mol. The van der Waals surface area contributed by atoms with Crippen molar-refractivity contribution in [3.05, 3.63) is 30.3 Å². The average Bonchev–Trinajstić information content (AvgIpc) is 3.14. The smallest absolute Gasteiger partial charge is 0.315 e. The van der Waals surface area contributed by atoms with Crippen molar-refractivity contribution in [3.63, 3.8) is 0 Å². The molecule has 2 amide bonds. The molecule has 114 valence electrons. The lowest BCUT2D eigenvalue weighted by Gasteiger charge is -2.20. The topological polar surface area (TPSA) is 41.1 Å². The molecule has 0 heterocycles. The molecule has 2 atom stereocenters. The Balaban J connectivity index is 1.45. The number of rotatable bonds is 5. The van der Waals surface area contributed by atoms with Gasteiger partial charge in [0, 0.05) is 22.2 Å². The van der Waals surface area contributed by atoms with Crippen molar-refractivity contribution in [2.45, 2.75) is 54.7 Å². The molecule has 2 aliphatic rings. The molecule has 0 saturated heterocycles. The number of hydrogen-bond donors (Lipinski definition) is 2. The number of thioether (sulfide) groups is 1. The summed E-state index contributed by atoms with van der Waals surface area (Å²) in [6.45, 7) is 2.99. The van der Waals surface area contributed by atoms with E-state index >= 15 is 0 Å². The van der Waals surface area contributed by atoms with Crippen LogP contribution in [0.4, 0.5) is 4.79 Å². The van der Waals surface area contributed by atoms with Crippen molar-refractivity contribution in [2.24, 2.45) is 5.92 Å². The highest BCUT2D eigenvalue weighted by Gasteiger charge is 2.44. The fourth-order valence-electron chi connectivity index (χ4n) is 3.01. The second kappa shape index (κ2) is 6.30. The maximum atomic E-state index is 12.0. The zero-order chi connectivity index (χ0) is 14.7. The van der Waals surface area contributed by atoms with Crippen molar-refractivity contribution >= 4 is 17.8 Å². The Morgan fingerprint density at radius 1 is 1.29 bits per heavy atom. The Labute approximate surface area is 131 Å². The van der Waals surface area contributed by atoms with Crippen molar-refractivity contribution in [1.82, 2.24) is 10.6 Å². The van der Waals surface area contributed by atoms with E-state index in [9.17, 15) is 4.79 Å². The normalized spacial score (nSPS) is 26.3. The van der Waals surface area contributed by atoms with Gasteiger partial charge in [-0.05, 0) is 43.7 Å². The molecule has 0 spiro atoms. The minimum absolute atomic E-state index is 0.00804. The first-order chi connectivity index (χ1) is 10.2. The Hall–Kier alpha value is -1.16. The van der Waals surface area contributed by atoms with Crippen LogP contribution in [0.15, 0.2) is 35.2 Å². The molecule has 1 aromatic rings. The average molecular weight is 304 g/mol. The summed E-state index contributed by atoms with van der Waals surface area (Å²) >= 11 is 1.90. The molecule has 21 heavy (non-hydrogen) atoms. The number of benzene rings is 1. The van der Waals surface area contributed by atoms with Crippen LogP contribution in [0.5, 0.6) is 0 Å². The van der Waals surface area contributed by atoms with Gasteiger partial charge in [0.1, 0.15) is 0 Å². The quantitative estimate of drug-likeness (QED) is 0.869. The fourth-order valence-corrected chi connectivity index (χ4v) is 4.26. The van der Waals surface area contributed by atoms with E-state index < -0.39 is 0 Å². The van der Waals surface area contributed by atoms with Crippen LogP contribution >= 0.6 is 11.8 Å². The Morgan fingerprint density at radius 2 is 2.05 bits per heavy atom. The van der Waals surface area contributed by atoms with Crippen LogP contribution in [0.25, 0.3) is 0 Å². The van der Waals surface area contributed by atoms with Crippen molar-refractivity contribution in [2.75, 3.05) is 6.54 Å². The highest BCUT2D eigenvalue weighted by Crippen LogP contribution is 2.51. The molecule has 0 aromatic heterocycles. The van der Waals surface area contributed by atoms with Gasteiger partial charge in [0.25, 0.3) is 0 Å². The summed E-state index contributed by atoms with van der Waals surface area (Å²) in [5.41, 5.74) is 0. The highest BCUT2D eigenvalue weighted by atomic mass is 32.2. The lowest BCUT2D eigenvalue weighted by Crippen LogP contribution is -2.45. The van der Waals surface area contributed by atoms with Crippen molar-refractivity contribution in [1.29, 1.82) is 0 Å². The number of urea groups is 1. The van der Waals surface area contributed by atoms with E-state index in [1.165, 1.54) is 30.6 Å². The van der Waals surface area contributed by atoms with Crippen LogP contribution < -0.4 is 10.6 Å². The SMILES string of the molecule is CC1CCCC1NC(=O)NCC1(Sc2ccccc2)CC1. The van der Waals surface area contributed by atoms with Gasteiger partial charge in [-0.15, -0.1) is 11.8 Å². The first kappa shape index (κ1) is 14.8. The van der Waals surface area contributed by atoms with Gasteiger partial charge in [0.05, 0.1) is 0 Å². The van der Waals surface area contributed by atoms with E-state index in [2.05, 4.69) is 41.8 Å². The number of amides is 2. The van der Waals surface area contributed by atoms with E-state index in [0.717, 1.165) is 13.0 Å². The van der Waals surface area contributed by atoms with Crippen LogP contribution in [0, 0.1) is 5.92 Å². The summed E-state index contributed by atoms with van der Waals surface area (Å²) in [6, 6.07) is 10.8. The maximum absolute atomic E-state index is 12.0. The van der Waals surface area contributed by atoms with Gasteiger partial charge in [0.2, 0.25) is 0 Å². The van der Waals surface area contributed by atoms with E-state index in [1.807, 2.05) is 17.8 Å². The summed E-state index contributed by atoms with van der Waals surface area (Å²) in [5, 5.41) is 6.22. The lowest BCUT2D eigenvalue weighted by atomic mass is 10.1. The summed E-state index contributed by atoms with van der Waals surface area (Å²) < 4.78 is 0.222. The van der Waals surface area contributed by atoms with Crippen LogP contribution in [-0.2, 0) is 0 Å².